The smallest absolute Gasteiger partial charge is 0.326 e. The monoisotopic (exact) mass is 314 g/mol. The number of hydrogen-bond donors (Lipinski definition) is 0. The fourth-order valence-electron chi connectivity index (χ4n) is 2.32. The summed E-state index contributed by atoms with van der Waals surface area (Å²) in [6.07, 6.45) is 1.74. The van der Waals surface area contributed by atoms with Gasteiger partial charge >= 0.3 is 5.97 Å². The summed E-state index contributed by atoms with van der Waals surface area (Å²) >= 11 is 0. The van der Waals surface area contributed by atoms with Crippen molar-refractivity contribution in [1.29, 1.82) is 0 Å². The van der Waals surface area contributed by atoms with Crippen molar-refractivity contribution in [2.24, 2.45) is 4.99 Å². The van der Waals surface area contributed by atoms with Crippen molar-refractivity contribution >= 4 is 23.8 Å². The van der Waals surface area contributed by atoms with Gasteiger partial charge in [-0.15, -0.1) is 0 Å². The maximum Gasteiger partial charge on any atom is 0.326 e. The third-order valence-corrected chi connectivity index (χ3v) is 3.64. The molecular formula is C18H22N2O3. The van der Waals surface area contributed by atoms with Crippen LogP contribution in [0.25, 0.3) is 6.08 Å². The van der Waals surface area contributed by atoms with Crippen LogP contribution < -0.4 is 0 Å². The van der Waals surface area contributed by atoms with Gasteiger partial charge in [0.25, 0.3) is 5.91 Å². The lowest BCUT2D eigenvalue weighted by molar-refractivity contribution is -0.145. The van der Waals surface area contributed by atoms with E-state index in [0.29, 0.717) is 24.1 Å². The van der Waals surface area contributed by atoms with Crippen LogP contribution in [0.5, 0.6) is 0 Å². The van der Waals surface area contributed by atoms with Gasteiger partial charge in [-0.3, -0.25) is 14.5 Å². The maximum absolute atomic E-state index is 12.4. The second-order valence-electron chi connectivity index (χ2n) is 5.71. The Hall–Kier alpha value is -2.43. The Morgan fingerprint density at radius 2 is 1.96 bits per heavy atom. The van der Waals surface area contributed by atoms with Crippen molar-refractivity contribution in [2.45, 2.75) is 33.6 Å². The Kier molecular flexibility index (Phi) is 5.32. The van der Waals surface area contributed by atoms with Crippen LogP contribution in [0.4, 0.5) is 0 Å². The highest BCUT2D eigenvalue weighted by molar-refractivity contribution is 6.14. The van der Waals surface area contributed by atoms with Crippen molar-refractivity contribution in [3.63, 3.8) is 0 Å². The summed E-state index contributed by atoms with van der Waals surface area (Å²) in [6.45, 7) is 7.90. The number of amidine groups is 1. The molecule has 0 bridgehead atoms. The number of nitrogens with zero attached hydrogens (tertiary/aromatic N) is 2. The van der Waals surface area contributed by atoms with E-state index < -0.39 is 5.97 Å². The molecule has 1 heterocycles. The van der Waals surface area contributed by atoms with Crippen LogP contribution in [0.1, 0.15) is 44.7 Å². The number of carbonyl (C=O) groups excluding carboxylic acids is 2. The van der Waals surface area contributed by atoms with Crippen molar-refractivity contribution in [2.75, 3.05) is 13.2 Å². The molecule has 0 saturated heterocycles. The van der Waals surface area contributed by atoms with Gasteiger partial charge in [-0.2, -0.15) is 0 Å². The summed E-state index contributed by atoms with van der Waals surface area (Å²) in [7, 11) is 0. The van der Waals surface area contributed by atoms with Crippen LogP contribution in [0.3, 0.4) is 0 Å². The molecule has 0 saturated carbocycles. The predicted molar refractivity (Wildman–Crippen MR) is 90.0 cm³/mol. The lowest BCUT2D eigenvalue weighted by Crippen LogP contribution is -2.36. The van der Waals surface area contributed by atoms with Gasteiger partial charge in [-0.1, -0.05) is 38.1 Å². The molecule has 122 valence electrons. The molecule has 5 heteroatoms. The fraction of sp³-hybridized carbons (Fsp3) is 0.389. The molecule has 0 aromatic heterocycles. The van der Waals surface area contributed by atoms with Crippen molar-refractivity contribution in [3.8, 4) is 0 Å². The predicted octanol–water partition coefficient (Wildman–Crippen LogP) is 2.97. The largest absolute Gasteiger partial charge is 0.465 e. The number of carbonyl (C=O) groups is 2. The Balaban J connectivity index is 2.15. The second-order valence-corrected chi connectivity index (χ2v) is 5.71. The number of benzene rings is 1. The maximum atomic E-state index is 12.4. The lowest BCUT2D eigenvalue weighted by atomic mass is 10.0. The molecule has 0 atom stereocenters. The topological polar surface area (TPSA) is 59.0 Å². The van der Waals surface area contributed by atoms with Gasteiger partial charge in [0.15, 0.2) is 0 Å². The highest BCUT2D eigenvalue weighted by atomic mass is 16.5. The molecule has 1 aliphatic heterocycles. The molecule has 1 aliphatic rings. The van der Waals surface area contributed by atoms with Gasteiger partial charge in [0, 0.05) is 0 Å². The molecule has 23 heavy (non-hydrogen) atoms. The molecule has 1 aromatic carbocycles. The van der Waals surface area contributed by atoms with E-state index in [4.69, 9.17) is 4.74 Å². The molecule has 5 nitrogen and oxygen atoms in total. The fourth-order valence-corrected chi connectivity index (χ4v) is 2.32. The first-order valence-corrected chi connectivity index (χ1v) is 7.76. The summed E-state index contributed by atoms with van der Waals surface area (Å²) in [5.41, 5.74) is 2.49. The number of amides is 1. The summed E-state index contributed by atoms with van der Waals surface area (Å²) in [6, 6.07) is 8.02. The van der Waals surface area contributed by atoms with Gasteiger partial charge in [0.2, 0.25) is 0 Å². The second kappa shape index (κ2) is 7.22. The average Bonchev–Trinajstić information content (AvgIpc) is 2.76. The van der Waals surface area contributed by atoms with Crippen LogP contribution in [0, 0.1) is 0 Å². The van der Waals surface area contributed by atoms with Crippen molar-refractivity contribution in [3.05, 3.63) is 41.1 Å². The number of rotatable bonds is 5. The highest BCUT2D eigenvalue weighted by Gasteiger charge is 2.29. The number of ether oxygens (including phenoxy) is 1. The Morgan fingerprint density at radius 3 is 2.52 bits per heavy atom. The van der Waals surface area contributed by atoms with Crippen molar-refractivity contribution in [1.82, 2.24) is 4.90 Å². The molecule has 0 aliphatic carbocycles. The number of esters is 1. The van der Waals surface area contributed by atoms with E-state index in [0.717, 1.165) is 5.56 Å². The van der Waals surface area contributed by atoms with E-state index in [2.05, 4.69) is 18.8 Å². The molecule has 0 fully saturated rings. The molecular weight excluding hydrogens is 292 g/mol. The highest BCUT2D eigenvalue weighted by Crippen LogP contribution is 2.20. The molecule has 0 spiro atoms. The Morgan fingerprint density at radius 1 is 1.30 bits per heavy atom. The summed E-state index contributed by atoms with van der Waals surface area (Å²) in [5, 5.41) is 0. The lowest BCUT2D eigenvalue weighted by Gasteiger charge is -2.14. The third-order valence-electron chi connectivity index (χ3n) is 3.64. The molecule has 0 unspecified atom stereocenters. The van der Waals surface area contributed by atoms with Gasteiger partial charge in [-0.25, -0.2) is 4.99 Å². The van der Waals surface area contributed by atoms with Crippen LogP contribution >= 0.6 is 0 Å². The molecule has 1 aromatic rings. The van der Waals surface area contributed by atoms with Gasteiger partial charge < -0.3 is 4.74 Å². The van der Waals surface area contributed by atoms with E-state index in [1.54, 1.807) is 19.9 Å². The molecule has 0 radical (unpaired) electrons. The van der Waals surface area contributed by atoms with E-state index in [9.17, 15) is 9.59 Å². The quantitative estimate of drug-likeness (QED) is 0.620. The summed E-state index contributed by atoms with van der Waals surface area (Å²) in [5.74, 6) is 0.264. The van der Waals surface area contributed by atoms with E-state index in [1.165, 1.54) is 10.5 Å². The van der Waals surface area contributed by atoms with Gasteiger partial charge in [0.05, 0.1) is 6.61 Å². The Labute approximate surface area is 136 Å². The summed E-state index contributed by atoms with van der Waals surface area (Å²) < 4.78 is 4.88. The molecule has 0 N–H and O–H groups in total. The minimum atomic E-state index is -0.432. The van der Waals surface area contributed by atoms with E-state index in [-0.39, 0.29) is 12.5 Å². The first-order chi connectivity index (χ1) is 10.9. The van der Waals surface area contributed by atoms with Crippen LogP contribution in [-0.4, -0.2) is 35.8 Å². The van der Waals surface area contributed by atoms with E-state index in [1.807, 2.05) is 24.3 Å². The normalized spacial score (nSPS) is 16.2. The molecule has 1 amide bonds. The summed E-state index contributed by atoms with van der Waals surface area (Å²) in [4.78, 5) is 29.5. The average molecular weight is 314 g/mol. The Bertz CT molecular complexity index is 657. The number of aliphatic imine (C=N–C) groups is 1. The first kappa shape index (κ1) is 16.9. The zero-order valence-corrected chi connectivity index (χ0v) is 14.0. The van der Waals surface area contributed by atoms with Crippen LogP contribution in [0.2, 0.25) is 0 Å². The molecule has 2 rings (SSSR count). The SMILES string of the molecule is CCOC(=O)CN1C(=O)/C(=C/c2ccc(C(C)C)cc2)N=C1C. The minimum Gasteiger partial charge on any atom is -0.465 e. The van der Waals surface area contributed by atoms with Crippen LogP contribution in [-0.2, 0) is 14.3 Å². The zero-order chi connectivity index (χ0) is 17.0. The number of hydrogen-bond acceptors (Lipinski definition) is 4. The van der Waals surface area contributed by atoms with Gasteiger partial charge in [-0.05, 0) is 37.0 Å². The van der Waals surface area contributed by atoms with Gasteiger partial charge in [0.1, 0.15) is 18.1 Å². The minimum absolute atomic E-state index is 0.106. The zero-order valence-electron chi connectivity index (χ0n) is 14.0. The van der Waals surface area contributed by atoms with Crippen LogP contribution in [0.15, 0.2) is 35.0 Å². The van der Waals surface area contributed by atoms with Crippen molar-refractivity contribution < 1.29 is 14.3 Å². The third kappa shape index (κ3) is 4.06. The van der Waals surface area contributed by atoms with E-state index >= 15 is 0 Å². The first-order valence-electron chi connectivity index (χ1n) is 7.76. The standard InChI is InChI=1S/C18H22N2O3/c1-5-23-17(21)11-20-13(4)19-16(18(20)22)10-14-6-8-15(9-7-14)12(2)3/h6-10,12H,5,11H2,1-4H3/b16-10-.